The zero-order valence-electron chi connectivity index (χ0n) is 31.3. The quantitative estimate of drug-likeness (QED) is 0.185. The van der Waals surface area contributed by atoms with Gasteiger partial charge in [0.05, 0.1) is 16.7 Å². The summed E-state index contributed by atoms with van der Waals surface area (Å²) in [6.07, 6.45) is -0.345. The number of furan rings is 1. The van der Waals surface area contributed by atoms with Crippen LogP contribution >= 0.6 is 0 Å². The number of nitrogens with one attached hydrogen (secondary N) is 2. The van der Waals surface area contributed by atoms with Gasteiger partial charge < -0.3 is 14.3 Å². The van der Waals surface area contributed by atoms with E-state index in [2.05, 4.69) is 197 Å². The first kappa shape index (κ1) is 32.6. The van der Waals surface area contributed by atoms with Crippen molar-refractivity contribution in [3.8, 4) is 16.8 Å². The maximum Gasteiger partial charge on any atom is 0.136 e. The van der Waals surface area contributed by atoms with Gasteiger partial charge in [0.25, 0.3) is 0 Å². The van der Waals surface area contributed by atoms with Crippen LogP contribution in [0.15, 0.2) is 191 Å². The van der Waals surface area contributed by atoms with Gasteiger partial charge in [0, 0.05) is 48.7 Å². The molecule has 1 aliphatic rings. The predicted octanol–water partition coefficient (Wildman–Crippen LogP) is 12.6. The fourth-order valence-electron chi connectivity index (χ4n) is 9.09. The van der Waals surface area contributed by atoms with Gasteiger partial charge in [-0.2, -0.15) is 0 Å². The van der Waals surface area contributed by atoms with Gasteiger partial charge in [-0.05, 0) is 70.8 Å². The normalized spacial score (nSPS) is 15.6. The fourth-order valence-corrected chi connectivity index (χ4v) is 9.09. The van der Waals surface area contributed by atoms with Crippen molar-refractivity contribution < 1.29 is 4.42 Å². The van der Waals surface area contributed by atoms with E-state index in [1.165, 1.54) is 21.8 Å². The van der Waals surface area contributed by atoms with Crippen LogP contribution in [-0.2, 0) is 0 Å². The minimum Gasteiger partial charge on any atom is -0.456 e. The van der Waals surface area contributed by atoms with Crippen molar-refractivity contribution in [3.05, 3.63) is 211 Å². The Morgan fingerprint density at radius 3 is 1.86 bits per heavy atom. The molecule has 9 aromatic carbocycles. The minimum absolute atomic E-state index is 0.125. The molecule has 0 bridgehead atoms. The molecule has 0 amide bonds. The van der Waals surface area contributed by atoms with Gasteiger partial charge in [-0.1, -0.05) is 146 Å². The Morgan fingerprint density at radius 2 is 1.12 bits per heavy atom. The Bertz CT molecular complexity index is 3360. The molecule has 0 saturated heterocycles. The molecule has 2 N–H and O–H groups in total. The monoisotopic (exact) mass is 742 g/mol. The van der Waals surface area contributed by atoms with E-state index >= 15 is 0 Å². The number of amidine groups is 1. The highest BCUT2D eigenvalue weighted by molar-refractivity contribution is 6.22. The van der Waals surface area contributed by atoms with E-state index in [4.69, 9.17) is 9.41 Å². The van der Waals surface area contributed by atoms with Crippen molar-refractivity contribution in [2.24, 2.45) is 4.99 Å². The highest BCUT2D eigenvalue weighted by Gasteiger charge is 2.26. The number of para-hydroxylation sites is 2. The summed E-state index contributed by atoms with van der Waals surface area (Å²) in [6, 6.07) is 71.2. The second-order valence-electron chi connectivity index (χ2n) is 15.0. The standard InChI is InChI=1S/C53H34N4O/c1-3-14-35(15-4-1)51-54-52(36-16-5-2-6-17-36)56-53(55-51)37-30-31-42-47(32-37)58-46-27-13-23-41(50(42)46)40-22-11-18-33-28-29-34-19-12-26-45(49(34)48(33)40)57-43-24-9-7-20-38(43)39-21-8-10-25-44(39)57/h1-27,30-32,51-52,54H,(H,55,56). The van der Waals surface area contributed by atoms with Crippen molar-refractivity contribution in [3.63, 3.8) is 0 Å². The van der Waals surface area contributed by atoms with E-state index < -0.39 is 0 Å². The number of benzene rings is 8. The lowest BCUT2D eigenvalue weighted by atomic mass is 9.91. The number of aliphatic imine (C=N–C) groups is 1. The van der Waals surface area contributed by atoms with Crippen LogP contribution in [-0.4, -0.2) is 10.4 Å². The van der Waals surface area contributed by atoms with Crippen molar-refractivity contribution in [1.82, 2.24) is 15.2 Å². The van der Waals surface area contributed by atoms with Gasteiger partial charge in [-0.3, -0.25) is 5.32 Å². The van der Waals surface area contributed by atoms with E-state index in [0.717, 1.165) is 82.8 Å². The Kier molecular flexibility index (Phi) is 7.28. The largest absolute Gasteiger partial charge is 0.456 e. The van der Waals surface area contributed by atoms with Crippen LogP contribution in [0.5, 0.6) is 0 Å². The van der Waals surface area contributed by atoms with Gasteiger partial charge in [0.1, 0.15) is 29.3 Å². The molecule has 58 heavy (non-hydrogen) atoms. The lowest BCUT2D eigenvalue weighted by Gasteiger charge is -2.32. The number of rotatable bonds is 5. The van der Waals surface area contributed by atoms with Gasteiger partial charge in [-0.25, -0.2) is 4.99 Å². The summed E-state index contributed by atoms with van der Waals surface area (Å²) in [6.45, 7) is 0. The maximum atomic E-state index is 6.73. The smallest absolute Gasteiger partial charge is 0.136 e. The first-order valence-electron chi connectivity index (χ1n) is 19.7. The molecule has 3 heterocycles. The van der Waals surface area contributed by atoms with Crippen LogP contribution in [0.4, 0.5) is 0 Å². The van der Waals surface area contributed by atoms with Crippen LogP contribution < -0.4 is 10.6 Å². The number of fused-ring (bicyclic) bond motifs is 9. The number of hydrogen-bond donors (Lipinski definition) is 2. The molecule has 0 radical (unpaired) electrons. The van der Waals surface area contributed by atoms with Crippen molar-refractivity contribution in [2.75, 3.05) is 0 Å². The average Bonchev–Trinajstić information content (AvgIpc) is 3.84. The van der Waals surface area contributed by atoms with Crippen molar-refractivity contribution in [2.45, 2.75) is 12.3 Å². The molecule has 0 fully saturated rings. The summed E-state index contributed by atoms with van der Waals surface area (Å²) >= 11 is 0. The number of hydrogen-bond acceptors (Lipinski definition) is 4. The second-order valence-corrected chi connectivity index (χ2v) is 15.0. The molecule has 2 aromatic heterocycles. The molecule has 0 spiro atoms. The summed E-state index contributed by atoms with van der Waals surface area (Å²) in [7, 11) is 0. The zero-order valence-corrected chi connectivity index (χ0v) is 31.3. The summed E-state index contributed by atoms with van der Waals surface area (Å²) in [4.78, 5) is 5.20. The number of nitrogens with zero attached hydrogens (tertiary/aromatic N) is 2. The maximum absolute atomic E-state index is 6.73. The highest BCUT2D eigenvalue weighted by atomic mass is 16.3. The minimum atomic E-state index is -0.219. The third-order valence-electron chi connectivity index (χ3n) is 11.7. The van der Waals surface area contributed by atoms with E-state index in [0.29, 0.717) is 0 Å². The van der Waals surface area contributed by atoms with Crippen molar-refractivity contribution >= 4 is 71.1 Å². The van der Waals surface area contributed by atoms with Gasteiger partial charge >= 0.3 is 0 Å². The van der Waals surface area contributed by atoms with E-state index in [9.17, 15) is 0 Å². The SMILES string of the molecule is c1c2cccc(-c3cccc4oc5cc(C6=NC(c7ccccc7)NC(c7ccccc7)N6)ccc5c34)c2c2c(-n3c4ccccc4c4ccccc43)cccc2c#1. The molecular formula is C53H34N4O. The van der Waals surface area contributed by atoms with E-state index in [1.54, 1.807) is 0 Å². The van der Waals surface area contributed by atoms with Crippen molar-refractivity contribution in [1.29, 1.82) is 0 Å². The average molecular weight is 743 g/mol. The molecule has 5 nitrogen and oxygen atoms in total. The molecule has 11 aromatic rings. The summed E-state index contributed by atoms with van der Waals surface area (Å²) in [5.74, 6) is 0.814. The lowest BCUT2D eigenvalue weighted by molar-refractivity contribution is 0.409. The van der Waals surface area contributed by atoms with Crippen LogP contribution in [0.3, 0.4) is 0 Å². The molecule has 0 saturated carbocycles. The van der Waals surface area contributed by atoms with Gasteiger partial charge in [0.2, 0.25) is 0 Å². The van der Waals surface area contributed by atoms with Gasteiger partial charge in [0.15, 0.2) is 0 Å². The zero-order chi connectivity index (χ0) is 38.2. The Hall–Kier alpha value is -7.65. The van der Waals surface area contributed by atoms with E-state index in [1.807, 2.05) is 12.1 Å². The van der Waals surface area contributed by atoms with Crippen LogP contribution in [0.1, 0.15) is 29.0 Å². The van der Waals surface area contributed by atoms with E-state index in [-0.39, 0.29) is 12.3 Å². The molecule has 5 heteroatoms. The summed E-state index contributed by atoms with van der Waals surface area (Å²) in [5.41, 5.74) is 10.6. The molecular weight excluding hydrogens is 709 g/mol. The van der Waals surface area contributed by atoms with Crippen LogP contribution in [0.25, 0.3) is 82.1 Å². The van der Waals surface area contributed by atoms with Gasteiger partial charge in [-0.15, -0.1) is 0 Å². The predicted molar refractivity (Wildman–Crippen MR) is 237 cm³/mol. The van der Waals surface area contributed by atoms with Crippen LogP contribution in [0, 0.1) is 12.1 Å². The molecule has 272 valence electrons. The third-order valence-corrected chi connectivity index (χ3v) is 11.7. The molecule has 0 aliphatic carbocycles. The highest BCUT2D eigenvalue weighted by Crippen LogP contribution is 2.43. The second kappa shape index (κ2) is 13.0. The fraction of sp³-hybridized carbons (Fsp3) is 0.0377. The molecule has 2 atom stereocenters. The molecule has 1 aliphatic heterocycles. The Morgan fingerprint density at radius 1 is 0.500 bits per heavy atom. The molecule has 2 unspecified atom stereocenters. The van der Waals surface area contributed by atoms with Crippen LogP contribution in [0.2, 0.25) is 0 Å². The topological polar surface area (TPSA) is 54.5 Å². The summed E-state index contributed by atoms with van der Waals surface area (Å²) < 4.78 is 9.14. The molecule has 12 rings (SSSR count). The lowest BCUT2D eigenvalue weighted by Crippen LogP contribution is -2.44. The number of aromatic nitrogens is 1. The third kappa shape index (κ3) is 5.06. The Balaban J connectivity index is 1.05. The summed E-state index contributed by atoms with van der Waals surface area (Å²) in [5, 5.41) is 16.3. The first-order chi connectivity index (χ1) is 28.8. The Labute approximate surface area is 334 Å². The first-order valence-corrected chi connectivity index (χ1v) is 19.7.